The number of nitrogens with one attached hydrogen (secondary N) is 1. The van der Waals surface area contributed by atoms with Crippen LogP contribution < -0.4 is 5.32 Å². The highest BCUT2D eigenvalue weighted by Crippen LogP contribution is 2.24. The number of hydrogen-bond acceptors (Lipinski definition) is 5. The maximum atomic E-state index is 13.2. The van der Waals surface area contributed by atoms with Crippen LogP contribution in [-0.4, -0.2) is 31.4 Å². The van der Waals surface area contributed by atoms with Crippen molar-refractivity contribution in [2.24, 2.45) is 0 Å². The van der Waals surface area contributed by atoms with Crippen LogP contribution in [0.2, 0.25) is 0 Å². The Morgan fingerprint density at radius 2 is 1.93 bits per heavy atom. The van der Waals surface area contributed by atoms with E-state index in [0.29, 0.717) is 17.5 Å². The van der Waals surface area contributed by atoms with E-state index in [-0.39, 0.29) is 17.3 Å². The Morgan fingerprint density at radius 3 is 2.63 bits per heavy atom. The number of thioether (sulfide) groups is 1. The lowest BCUT2D eigenvalue weighted by molar-refractivity contribution is -0.113. The lowest BCUT2D eigenvalue weighted by Crippen LogP contribution is -2.15. The number of carbonyl (C=O) groups excluding carboxylic acids is 1. The van der Waals surface area contributed by atoms with Gasteiger partial charge in [0, 0.05) is 36.3 Å². The molecule has 3 rings (SSSR count). The molecule has 0 aliphatic rings. The van der Waals surface area contributed by atoms with E-state index in [4.69, 9.17) is 0 Å². The number of amides is 1. The van der Waals surface area contributed by atoms with Crippen LogP contribution in [0.1, 0.15) is 13.3 Å². The molecule has 0 saturated heterocycles. The van der Waals surface area contributed by atoms with Gasteiger partial charge < -0.3 is 9.88 Å². The second-order valence-corrected chi connectivity index (χ2v) is 6.60. The first-order chi connectivity index (χ1) is 13.1. The van der Waals surface area contributed by atoms with Gasteiger partial charge in [0.25, 0.3) is 0 Å². The fourth-order valence-electron chi connectivity index (χ4n) is 2.44. The summed E-state index contributed by atoms with van der Waals surface area (Å²) in [5.74, 6) is -1.54. The second-order valence-electron chi connectivity index (χ2n) is 5.66. The highest BCUT2D eigenvalue weighted by atomic mass is 32.2. The van der Waals surface area contributed by atoms with E-state index >= 15 is 0 Å². The standard InChI is InChI=1S/C18H17F2N5OS/c1-2-9-25-17(12-5-7-21-8-6-12)23-24-18(25)27-11-16(26)22-13-3-4-14(19)15(20)10-13/h3-8,10H,2,9,11H2,1H3,(H,22,26). The summed E-state index contributed by atoms with van der Waals surface area (Å²) in [7, 11) is 0. The van der Waals surface area contributed by atoms with E-state index in [1.54, 1.807) is 12.4 Å². The van der Waals surface area contributed by atoms with Crippen LogP contribution in [0, 0.1) is 11.6 Å². The van der Waals surface area contributed by atoms with E-state index in [1.165, 1.54) is 17.8 Å². The third-order valence-electron chi connectivity index (χ3n) is 3.64. The summed E-state index contributed by atoms with van der Waals surface area (Å²) >= 11 is 1.23. The molecule has 9 heteroatoms. The monoisotopic (exact) mass is 389 g/mol. The van der Waals surface area contributed by atoms with Crippen LogP contribution in [0.5, 0.6) is 0 Å². The largest absolute Gasteiger partial charge is 0.325 e. The first-order valence-corrected chi connectivity index (χ1v) is 9.28. The molecule has 0 atom stereocenters. The summed E-state index contributed by atoms with van der Waals surface area (Å²) in [6.45, 7) is 2.75. The summed E-state index contributed by atoms with van der Waals surface area (Å²) in [5.41, 5.74) is 1.09. The molecule has 140 valence electrons. The fraction of sp³-hybridized carbons (Fsp3) is 0.222. The van der Waals surface area contributed by atoms with E-state index in [9.17, 15) is 13.6 Å². The molecule has 0 fully saturated rings. The first kappa shape index (κ1) is 19.0. The van der Waals surface area contributed by atoms with Crippen molar-refractivity contribution in [1.29, 1.82) is 0 Å². The van der Waals surface area contributed by atoms with E-state index in [1.807, 2.05) is 23.6 Å². The SMILES string of the molecule is CCCn1c(SCC(=O)Nc2ccc(F)c(F)c2)nnc1-c1ccncc1. The summed E-state index contributed by atoms with van der Waals surface area (Å²) in [6, 6.07) is 6.92. The molecule has 0 aliphatic heterocycles. The zero-order chi connectivity index (χ0) is 19.2. The summed E-state index contributed by atoms with van der Waals surface area (Å²) < 4.78 is 28.1. The van der Waals surface area contributed by atoms with Crippen molar-refractivity contribution in [3.63, 3.8) is 0 Å². The molecule has 0 radical (unpaired) electrons. The van der Waals surface area contributed by atoms with Crippen molar-refractivity contribution in [2.45, 2.75) is 25.0 Å². The molecule has 0 aliphatic carbocycles. The van der Waals surface area contributed by atoms with Crippen LogP contribution in [-0.2, 0) is 11.3 Å². The third-order valence-corrected chi connectivity index (χ3v) is 4.61. The lowest BCUT2D eigenvalue weighted by atomic mass is 10.2. The number of carbonyl (C=O) groups is 1. The Morgan fingerprint density at radius 1 is 1.15 bits per heavy atom. The average Bonchev–Trinajstić information content (AvgIpc) is 3.07. The molecule has 0 unspecified atom stereocenters. The maximum Gasteiger partial charge on any atom is 0.234 e. The molecular weight excluding hydrogens is 372 g/mol. The van der Waals surface area contributed by atoms with Gasteiger partial charge in [0.2, 0.25) is 5.91 Å². The number of aromatic nitrogens is 4. The zero-order valence-electron chi connectivity index (χ0n) is 14.5. The molecular formula is C18H17F2N5OS. The summed E-state index contributed by atoms with van der Waals surface area (Å²) in [6.07, 6.45) is 4.25. The lowest BCUT2D eigenvalue weighted by Gasteiger charge is -2.09. The number of anilines is 1. The third kappa shape index (κ3) is 4.68. The maximum absolute atomic E-state index is 13.2. The van der Waals surface area contributed by atoms with E-state index in [0.717, 1.165) is 24.1 Å². The number of halogens is 2. The predicted molar refractivity (Wildman–Crippen MR) is 99.3 cm³/mol. The molecule has 1 aromatic carbocycles. The van der Waals surface area contributed by atoms with Gasteiger partial charge in [0.05, 0.1) is 5.75 Å². The average molecular weight is 389 g/mol. The molecule has 0 spiro atoms. The van der Waals surface area contributed by atoms with E-state index < -0.39 is 11.6 Å². The Bertz CT molecular complexity index is 933. The van der Waals surface area contributed by atoms with Crippen molar-refractivity contribution in [3.05, 3.63) is 54.4 Å². The molecule has 0 bridgehead atoms. The van der Waals surface area contributed by atoms with Crippen LogP contribution in [0.4, 0.5) is 14.5 Å². The quantitative estimate of drug-likeness (QED) is 0.623. The molecule has 2 heterocycles. The predicted octanol–water partition coefficient (Wildman–Crippen LogP) is 3.76. The van der Waals surface area contributed by atoms with E-state index in [2.05, 4.69) is 20.5 Å². The Hall–Kier alpha value is -2.81. The van der Waals surface area contributed by atoms with Gasteiger partial charge in [0.15, 0.2) is 22.6 Å². The number of nitrogens with zero attached hydrogens (tertiary/aromatic N) is 4. The molecule has 27 heavy (non-hydrogen) atoms. The summed E-state index contributed by atoms with van der Waals surface area (Å²) in [4.78, 5) is 16.1. The van der Waals surface area contributed by atoms with Crippen molar-refractivity contribution in [2.75, 3.05) is 11.1 Å². The minimum absolute atomic E-state index is 0.0667. The molecule has 0 saturated carbocycles. The van der Waals surface area contributed by atoms with Crippen LogP contribution in [0.25, 0.3) is 11.4 Å². The number of hydrogen-bond donors (Lipinski definition) is 1. The normalized spacial score (nSPS) is 10.8. The van der Waals surface area contributed by atoms with Crippen LogP contribution in [0.3, 0.4) is 0 Å². The molecule has 1 N–H and O–H groups in total. The Balaban J connectivity index is 1.69. The molecule has 2 aromatic heterocycles. The van der Waals surface area contributed by atoms with Crippen molar-refractivity contribution in [3.8, 4) is 11.4 Å². The Labute approximate surface area is 159 Å². The highest BCUT2D eigenvalue weighted by Gasteiger charge is 2.15. The zero-order valence-corrected chi connectivity index (χ0v) is 15.3. The molecule has 3 aromatic rings. The van der Waals surface area contributed by atoms with Crippen molar-refractivity contribution < 1.29 is 13.6 Å². The number of rotatable bonds is 7. The fourth-order valence-corrected chi connectivity index (χ4v) is 3.20. The second kappa shape index (κ2) is 8.72. The van der Waals surface area contributed by atoms with Gasteiger partial charge in [0.1, 0.15) is 0 Å². The Kier molecular flexibility index (Phi) is 6.12. The van der Waals surface area contributed by atoms with Gasteiger partial charge >= 0.3 is 0 Å². The molecule has 6 nitrogen and oxygen atoms in total. The smallest absolute Gasteiger partial charge is 0.234 e. The van der Waals surface area contributed by atoms with Crippen LogP contribution >= 0.6 is 11.8 Å². The molecule has 1 amide bonds. The topological polar surface area (TPSA) is 72.7 Å². The van der Waals surface area contributed by atoms with Gasteiger partial charge in [-0.25, -0.2) is 8.78 Å². The van der Waals surface area contributed by atoms with Gasteiger partial charge in [-0.2, -0.15) is 0 Å². The number of benzene rings is 1. The minimum Gasteiger partial charge on any atom is -0.325 e. The summed E-state index contributed by atoms with van der Waals surface area (Å²) in [5, 5.41) is 11.6. The highest BCUT2D eigenvalue weighted by molar-refractivity contribution is 7.99. The van der Waals surface area contributed by atoms with Crippen molar-refractivity contribution in [1.82, 2.24) is 19.7 Å². The van der Waals surface area contributed by atoms with Crippen molar-refractivity contribution >= 4 is 23.4 Å². The number of pyridine rings is 1. The van der Waals surface area contributed by atoms with Gasteiger partial charge in [-0.15, -0.1) is 10.2 Å². The van der Waals surface area contributed by atoms with Gasteiger partial charge in [-0.1, -0.05) is 18.7 Å². The minimum atomic E-state index is -1.01. The first-order valence-electron chi connectivity index (χ1n) is 8.29. The van der Waals surface area contributed by atoms with Crippen LogP contribution in [0.15, 0.2) is 47.9 Å². The van der Waals surface area contributed by atoms with Gasteiger partial charge in [-0.3, -0.25) is 9.78 Å². The van der Waals surface area contributed by atoms with Gasteiger partial charge in [-0.05, 0) is 30.7 Å².